The number of hydrogen-bond donors (Lipinski definition) is 2. The molecule has 1 aromatic heterocycles. The third-order valence-electron chi connectivity index (χ3n) is 3.82. The van der Waals surface area contributed by atoms with Gasteiger partial charge in [0.25, 0.3) is 0 Å². The zero-order chi connectivity index (χ0) is 16.7. The van der Waals surface area contributed by atoms with Crippen molar-refractivity contribution in [2.24, 2.45) is 4.99 Å². The summed E-state index contributed by atoms with van der Waals surface area (Å²) in [7, 11) is 3.41. The molecule has 0 bridgehead atoms. The number of carbonyl (C=O) groups is 1. The summed E-state index contributed by atoms with van der Waals surface area (Å²) in [5.41, 5.74) is 0.291. The summed E-state index contributed by atoms with van der Waals surface area (Å²) < 4.78 is 13.6. The zero-order valence-corrected chi connectivity index (χ0v) is 13.7. The van der Waals surface area contributed by atoms with E-state index in [1.165, 1.54) is 23.8 Å². The fourth-order valence-electron chi connectivity index (χ4n) is 2.42. The van der Waals surface area contributed by atoms with Crippen molar-refractivity contribution in [1.29, 1.82) is 0 Å². The van der Waals surface area contributed by atoms with Crippen LogP contribution in [0.4, 0.5) is 4.39 Å². The van der Waals surface area contributed by atoms with Crippen LogP contribution in [0.5, 0.6) is 0 Å². The van der Waals surface area contributed by atoms with Crippen LogP contribution in [0.3, 0.4) is 0 Å². The maximum atomic E-state index is 13.6. The minimum atomic E-state index is -0.374. The number of carbonyl (C=O) groups excluding carboxylic acids is 1. The Morgan fingerprint density at radius 1 is 1.43 bits per heavy atom. The third kappa shape index (κ3) is 5.50. The number of amides is 1. The third-order valence-corrected chi connectivity index (χ3v) is 3.82. The number of halogens is 1. The fourth-order valence-corrected chi connectivity index (χ4v) is 2.42. The second-order valence-corrected chi connectivity index (χ2v) is 5.86. The van der Waals surface area contributed by atoms with Crippen molar-refractivity contribution in [3.63, 3.8) is 0 Å². The molecule has 1 aliphatic carbocycles. The summed E-state index contributed by atoms with van der Waals surface area (Å²) in [6.45, 7) is 0.279. The molecular formula is C16H24FN5O. The smallest absolute Gasteiger partial charge is 0.241 e. The molecule has 1 saturated carbocycles. The number of likely N-dealkylation sites (N-methyl/N-ethyl adjacent to an activating group) is 1. The van der Waals surface area contributed by atoms with Crippen LogP contribution in [0.15, 0.2) is 23.3 Å². The molecule has 0 unspecified atom stereocenters. The Morgan fingerprint density at radius 2 is 2.17 bits per heavy atom. The maximum Gasteiger partial charge on any atom is 0.241 e. The van der Waals surface area contributed by atoms with Gasteiger partial charge >= 0.3 is 0 Å². The van der Waals surface area contributed by atoms with Crippen LogP contribution < -0.4 is 10.6 Å². The van der Waals surface area contributed by atoms with Gasteiger partial charge in [-0.15, -0.1) is 0 Å². The van der Waals surface area contributed by atoms with Crippen molar-refractivity contribution < 1.29 is 9.18 Å². The van der Waals surface area contributed by atoms with Gasteiger partial charge in [-0.05, 0) is 25.0 Å². The fraction of sp³-hybridized carbons (Fsp3) is 0.562. The van der Waals surface area contributed by atoms with E-state index in [4.69, 9.17) is 0 Å². The van der Waals surface area contributed by atoms with E-state index >= 15 is 0 Å². The van der Waals surface area contributed by atoms with Gasteiger partial charge in [-0.25, -0.2) is 9.38 Å². The largest absolute Gasteiger partial charge is 0.354 e. The lowest BCUT2D eigenvalue weighted by atomic mass is 10.2. The number of nitrogens with one attached hydrogen (secondary N) is 2. The standard InChI is InChI=1S/C16H24FN5O/c1-22(2)15(23)11-20-16(21-12-6-3-4-7-12)19-10-14-13(17)8-5-9-18-14/h5,8-9,12H,3-4,6-7,10-11H2,1-2H3,(H2,19,20,21). The van der Waals surface area contributed by atoms with E-state index in [2.05, 4.69) is 20.6 Å². The molecule has 1 amide bonds. The molecule has 126 valence electrons. The van der Waals surface area contributed by atoms with Crippen molar-refractivity contribution in [3.8, 4) is 0 Å². The molecule has 0 radical (unpaired) electrons. The second kappa shape index (κ2) is 8.45. The highest BCUT2D eigenvalue weighted by atomic mass is 19.1. The van der Waals surface area contributed by atoms with Crippen LogP contribution in [-0.2, 0) is 11.3 Å². The summed E-state index contributed by atoms with van der Waals surface area (Å²) in [4.78, 5) is 21.6. The molecule has 0 aliphatic heterocycles. The van der Waals surface area contributed by atoms with Gasteiger partial charge in [0.2, 0.25) is 5.91 Å². The monoisotopic (exact) mass is 321 g/mol. The minimum absolute atomic E-state index is 0.0464. The molecule has 0 atom stereocenters. The Labute approximate surface area is 136 Å². The van der Waals surface area contributed by atoms with Crippen molar-refractivity contribution in [1.82, 2.24) is 20.5 Å². The number of nitrogens with zero attached hydrogens (tertiary/aromatic N) is 3. The molecule has 0 aromatic carbocycles. The predicted octanol–water partition coefficient (Wildman–Crippen LogP) is 1.29. The normalized spacial score (nSPS) is 15.5. The lowest BCUT2D eigenvalue weighted by Crippen LogP contribution is -2.46. The van der Waals surface area contributed by atoms with E-state index in [0.717, 1.165) is 12.8 Å². The van der Waals surface area contributed by atoms with Gasteiger partial charge < -0.3 is 15.5 Å². The first-order valence-corrected chi connectivity index (χ1v) is 7.90. The predicted molar refractivity (Wildman–Crippen MR) is 87.4 cm³/mol. The Bertz CT molecular complexity index is 555. The van der Waals surface area contributed by atoms with Gasteiger partial charge in [-0.2, -0.15) is 0 Å². The summed E-state index contributed by atoms with van der Waals surface area (Å²) in [6, 6.07) is 3.27. The number of aliphatic imine (C=N–C) groups is 1. The van der Waals surface area contributed by atoms with Crippen LogP contribution in [0.1, 0.15) is 31.4 Å². The van der Waals surface area contributed by atoms with Crippen LogP contribution in [-0.4, -0.2) is 48.4 Å². The first-order chi connectivity index (χ1) is 11.1. The minimum Gasteiger partial charge on any atom is -0.354 e. The Hall–Kier alpha value is -2.18. The Balaban J connectivity index is 2.00. The van der Waals surface area contributed by atoms with Crippen molar-refractivity contribution in [3.05, 3.63) is 29.8 Å². The van der Waals surface area contributed by atoms with E-state index < -0.39 is 0 Å². The molecule has 1 aliphatic rings. The van der Waals surface area contributed by atoms with Crippen LogP contribution in [0.25, 0.3) is 0 Å². The maximum absolute atomic E-state index is 13.6. The Kier molecular flexibility index (Phi) is 6.31. The van der Waals surface area contributed by atoms with E-state index in [-0.39, 0.29) is 24.8 Å². The van der Waals surface area contributed by atoms with Gasteiger partial charge in [0, 0.05) is 26.3 Å². The van der Waals surface area contributed by atoms with E-state index in [9.17, 15) is 9.18 Å². The SMILES string of the molecule is CN(C)C(=O)CNC(=NCc1ncccc1F)NC1CCCC1. The molecule has 1 aromatic rings. The van der Waals surface area contributed by atoms with Gasteiger partial charge in [0.15, 0.2) is 5.96 Å². The highest BCUT2D eigenvalue weighted by molar-refractivity contribution is 5.86. The van der Waals surface area contributed by atoms with Crippen LogP contribution in [0, 0.1) is 5.82 Å². The molecule has 0 saturated heterocycles. The molecule has 23 heavy (non-hydrogen) atoms. The van der Waals surface area contributed by atoms with Crippen molar-refractivity contribution in [2.45, 2.75) is 38.3 Å². The summed E-state index contributed by atoms with van der Waals surface area (Å²) in [6.07, 6.45) is 6.09. The quantitative estimate of drug-likeness (QED) is 0.633. The van der Waals surface area contributed by atoms with Gasteiger partial charge in [-0.3, -0.25) is 9.78 Å². The lowest BCUT2D eigenvalue weighted by Gasteiger charge is -2.18. The van der Waals surface area contributed by atoms with Crippen molar-refractivity contribution in [2.75, 3.05) is 20.6 Å². The highest BCUT2D eigenvalue weighted by Crippen LogP contribution is 2.17. The average molecular weight is 321 g/mol. The number of guanidine groups is 1. The Morgan fingerprint density at radius 3 is 2.83 bits per heavy atom. The summed E-state index contributed by atoms with van der Waals surface area (Å²) in [5, 5.41) is 6.33. The zero-order valence-electron chi connectivity index (χ0n) is 13.7. The van der Waals surface area contributed by atoms with Gasteiger partial charge in [0.1, 0.15) is 5.82 Å². The topological polar surface area (TPSA) is 69.6 Å². The van der Waals surface area contributed by atoms with E-state index in [0.29, 0.717) is 17.7 Å². The highest BCUT2D eigenvalue weighted by Gasteiger charge is 2.17. The summed E-state index contributed by atoms with van der Waals surface area (Å²) in [5.74, 6) is 0.105. The van der Waals surface area contributed by atoms with E-state index in [1.807, 2.05) is 0 Å². The van der Waals surface area contributed by atoms with Crippen molar-refractivity contribution >= 4 is 11.9 Å². The lowest BCUT2D eigenvalue weighted by molar-refractivity contribution is -0.127. The molecule has 7 heteroatoms. The average Bonchev–Trinajstić information content (AvgIpc) is 3.03. The second-order valence-electron chi connectivity index (χ2n) is 5.86. The first-order valence-electron chi connectivity index (χ1n) is 7.90. The molecular weight excluding hydrogens is 297 g/mol. The summed E-state index contributed by atoms with van der Waals surface area (Å²) >= 11 is 0. The van der Waals surface area contributed by atoms with Crippen LogP contribution in [0.2, 0.25) is 0 Å². The molecule has 2 rings (SSSR count). The number of rotatable bonds is 5. The molecule has 2 N–H and O–H groups in total. The number of pyridine rings is 1. The van der Waals surface area contributed by atoms with Gasteiger partial charge in [0.05, 0.1) is 18.8 Å². The molecule has 0 spiro atoms. The van der Waals surface area contributed by atoms with Crippen LogP contribution >= 0.6 is 0 Å². The number of hydrogen-bond acceptors (Lipinski definition) is 3. The molecule has 6 nitrogen and oxygen atoms in total. The molecule has 1 heterocycles. The van der Waals surface area contributed by atoms with Gasteiger partial charge in [-0.1, -0.05) is 12.8 Å². The number of aromatic nitrogens is 1. The van der Waals surface area contributed by atoms with E-state index in [1.54, 1.807) is 26.4 Å². The first kappa shape index (κ1) is 17.2. The molecule has 1 fully saturated rings.